The molecule has 2 fully saturated rings. The Morgan fingerprint density at radius 2 is 1.80 bits per heavy atom. The smallest absolute Gasteiger partial charge is 0.289 e. The van der Waals surface area contributed by atoms with Crippen LogP contribution in [0.5, 0.6) is 0 Å². The fourth-order valence-corrected chi connectivity index (χ4v) is 5.36. The zero-order valence-electron chi connectivity index (χ0n) is 16.5. The monoisotopic (exact) mass is 401 g/mol. The van der Waals surface area contributed by atoms with Crippen LogP contribution in [0.4, 0.5) is 0 Å². The van der Waals surface area contributed by atoms with Gasteiger partial charge in [0.1, 0.15) is 5.58 Å². The van der Waals surface area contributed by atoms with E-state index in [0.717, 1.165) is 28.4 Å². The van der Waals surface area contributed by atoms with Crippen LogP contribution < -0.4 is 0 Å². The molecule has 0 spiro atoms. The van der Waals surface area contributed by atoms with Crippen LogP contribution >= 0.6 is 0 Å². The van der Waals surface area contributed by atoms with Gasteiger partial charge in [-0.1, -0.05) is 30.3 Å². The molecule has 6 nitrogen and oxygen atoms in total. The van der Waals surface area contributed by atoms with E-state index >= 15 is 0 Å². The van der Waals surface area contributed by atoms with Crippen molar-refractivity contribution in [3.05, 3.63) is 66.7 Å². The molecular formula is C24H23N3O3. The van der Waals surface area contributed by atoms with Gasteiger partial charge in [-0.05, 0) is 48.9 Å². The molecule has 152 valence electrons. The molecule has 2 aromatic heterocycles. The van der Waals surface area contributed by atoms with Crippen molar-refractivity contribution in [2.45, 2.75) is 25.0 Å². The van der Waals surface area contributed by atoms with E-state index < -0.39 is 6.10 Å². The largest absolute Gasteiger partial charge is 0.451 e. The lowest BCUT2D eigenvalue weighted by molar-refractivity contribution is 0.0374. The Morgan fingerprint density at radius 1 is 1.03 bits per heavy atom. The first kappa shape index (κ1) is 17.7. The molecule has 6 rings (SSSR count). The molecule has 1 N–H and O–H groups in total. The average molecular weight is 401 g/mol. The average Bonchev–Trinajstić information content (AvgIpc) is 3.48. The molecule has 2 aliphatic rings. The van der Waals surface area contributed by atoms with Gasteiger partial charge in [-0.15, -0.1) is 0 Å². The molecule has 1 amide bonds. The molecule has 0 unspecified atom stereocenters. The Bertz CT molecular complexity index is 1210. The van der Waals surface area contributed by atoms with E-state index in [2.05, 4.69) is 9.55 Å². The van der Waals surface area contributed by atoms with E-state index in [9.17, 15) is 9.90 Å². The van der Waals surface area contributed by atoms with E-state index in [1.54, 1.807) is 0 Å². The van der Waals surface area contributed by atoms with E-state index in [0.29, 0.717) is 37.1 Å². The Kier molecular flexibility index (Phi) is 3.96. The number of hydrogen-bond donors (Lipinski definition) is 1. The van der Waals surface area contributed by atoms with Crippen LogP contribution in [0.15, 0.2) is 65.3 Å². The minimum absolute atomic E-state index is 0.0140. The highest BCUT2D eigenvalue weighted by Crippen LogP contribution is 2.42. The summed E-state index contributed by atoms with van der Waals surface area (Å²) in [6.07, 6.45) is 2.94. The zero-order valence-corrected chi connectivity index (χ0v) is 16.5. The number of aliphatic hydroxyl groups is 1. The third-order valence-corrected chi connectivity index (χ3v) is 6.87. The lowest BCUT2D eigenvalue weighted by atomic mass is 9.77. The third kappa shape index (κ3) is 2.75. The summed E-state index contributed by atoms with van der Waals surface area (Å²) >= 11 is 0. The van der Waals surface area contributed by atoms with Gasteiger partial charge in [0.05, 0.1) is 29.5 Å². The lowest BCUT2D eigenvalue weighted by Crippen LogP contribution is -2.36. The topological polar surface area (TPSA) is 71.5 Å². The summed E-state index contributed by atoms with van der Waals surface area (Å²) in [6, 6.07) is 17.5. The second-order valence-corrected chi connectivity index (χ2v) is 8.63. The Labute approximate surface area is 173 Å². The van der Waals surface area contributed by atoms with Gasteiger partial charge in [-0.3, -0.25) is 4.79 Å². The van der Waals surface area contributed by atoms with Gasteiger partial charge in [0, 0.05) is 18.5 Å². The first-order valence-electron chi connectivity index (χ1n) is 10.5. The SMILES string of the molecule is O=C(c1cc2ccccc2o1)N1C[C@H]2C[C@@H](n3cnc4ccccc43)[C@H](O)C[C@H]2C1. The number of fused-ring (bicyclic) bond motifs is 3. The molecule has 1 aliphatic heterocycles. The van der Waals surface area contributed by atoms with Gasteiger partial charge < -0.3 is 19.0 Å². The minimum atomic E-state index is -0.440. The van der Waals surface area contributed by atoms with Crippen LogP contribution in [0.3, 0.4) is 0 Å². The number of hydrogen-bond acceptors (Lipinski definition) is 4. The maximum absolute atomic E-state index is 13.1. The van der Waals surface area contributed by atoms with Crippen LogP contribution in [0, 0.1) is 11.8 Å². The second-order valence-electron chi connectivity index (χ2n) is 8.63. The predicted molar refractivity (Wildman–Crippen MR) is 113 cm³/mol. The third-order valence-electron chi connectivity index (χ3n) is 6.87. The molecule has 1 saturated carbocycles. The van der Waals surface area contributed by atoms with Crippen molar-refractivity contribution >= 4 is 27.9 Å². The standard InChI is InChI=1S/C24H23N3O3/c28-21-10-17-13-26(24(29)23-11-15-5-1-4-8-22(15)30-23)12-16(17)9-20(21)27-14-25-18-6-2-3-7-19(18)27/h1-8,11,14,16-17,20-21,28H,9-10,12-13H2/t16-,17+,20-,21-/m1/s1. The van der Waals surface area contributed by atoms with Crippen molar-refractivity contribution in [2.24, 2.45) is 11.8 Å². The number of likely N-dealkylation sites (tertiary alicyclic amines) is 1. The van der Waals surface area contributed by atoms with Crippen molar-refractivity contribution in [3.63, 3.8) is 0 Å². The van der Waals surface area contributed by atoms with Gasteiger partial charge in [0.2, 0.25) is 0 Å². The van der Waals surface area contributed by atoms with E-state index in [4.69, 9.17) is 4.42 Å². The first-order chi connectivity index (χ1) is 14.7. The van der Waals surface area contributed by atoms with E-state index in [-0.39, 0.29) is 11.9 Å². The number of amides is 1. The highest BCUT2D eigenvalue weighted by molar-refractivity contribution is 5.96. The first-order valence-corrected chi connectivity index (χ1v) is 10.5. The molecule has 0 bridgehead atoms. The van der Waals surface area contributed by atoms with Gasteiger partial charge in [0.15, 0.2) is 5.76 Å². The number of carbonyl (C=O) groups is 1. The fourth-order valence-electron chi connectivity index (χ4n) is 5.36. The van der Waals surface area contributed by atoms with Crippen molar-refractivity contribution in [1.29, 1.82) is 0 Å². The predicted octanol–water partition coefficient (Wildman–Crippen LogP) is 3.87. The number of nitrogens with zero attached hydrogens (tertiary/aromatic N) is 3. The summed E-state index contributed by atoms with van der Waals surface area (Å²) in [5.41, 5.74) is 2.73. The van der Waals surface area contributed by atoms with Gasteiger partial charge in [-0.2, -0.15) is 0 Å². The van der Waals surface area contributed by atoms with Gasteiger partial charge in [-0.25, -0.2) is 4.98 Å². The summed E-state index contributed by atoms with van der Waals surface area (Å²) in [4.78, 5) is 19.5. The van der Waals surface area contributed by atoms with Crippen LogP contribution in [-0.2, 0) is 0 Å². The zero-order chi connectivity index (χ0) is 20.2. The quantitative estimate of drug-likeness (QED) is 0.554. The molecule has 4 aromatic rings. The van der Waals surface area contributed by atoms with Crippen molar-refractivity contribution in [2.75, 3.05) is 13.1 Å². The van der Waals surface area contributed by atoms with Crippen molar-refractivity contribution < 1.29 is 14.3 Å². The van der Waals surface area contributed by atoms with Crippen molar-refractivity contribution in [3.8, 4) is 0 Å². The molecule has 30 heavy (non-hydrogen) atoms. The number of para-hydroxylation sites is 3. The van der Waals surface area contributed by atoms with Crippen LogP contribution in [0.2, 0.25) is 0 Å². The highest BCUT2D eigenvalue weighted by Gasteiger charge is 2.44. The lowest BCUT2D eigenvalue weighted by Gasteiger charge is -2.36. The van der Waals surface area contributed by atoms with E-state index in [1.165, 1.54) is 0 Å². The summed E-state index contributed by atoms with van der Waals surface area (Å²) < 4.78 is 7.90. The number of furan rings is 1. The van der Waals surface area contributed by atoms with Crippen molar-refractivity contribution in [1.82, 2.24) is 14.5 Å². The maximum Gasteiger partial charge on any atom is 0.289 e. The Morgan fingerprint density at radius 3 is 2.67 bits per heavy atom. The molecule has 3 heterocycles. The minimum Gasteiger partial charge on any atom is -0.451 e. The highest BCUT2D eigenvalue weighted by atomic mass is 16.3. The number of imidazole rings is 1. The summed E-state index contributed by atoms with van der Waals surface area (Å²) in [5.74, 6) is 1.03. The number of benzene rings is 2. The molecule has 0 radical (unpaired) electrons. The van der Waals surface area contributed by atoms with Crippen LogP contribution in [0.25, 0.3) is 22.0 Å². The molecular weight excluding hydrogens is 378 g/mol. The second kappa shape index (κ2) is 6.71. The maximum atomic E-state index is 13.1. The molecule has 1 aliphatic carbocycles. The van der Waals surface area contributed by atoms with Gasteiger partial charge >= 0.3 is 0 Å². The fraction of sp³-hybridized carbons (Fsp3) is 0.333. The van der Waals surface area contributed by atoms with Crippen LogP contribution in [0.1, 0.15) is 29.4 Å². The number of rotatable bonds is 2. The molecule has 2 aromatic carbocycles. The van der Waals surface area contributed by atoms with E-state index in [1.807, 2.05) is 65.8 Å². The molecule has 4 atom stereocenters. The normalized spacial score (nSPS) is 26.4. The molecule has 1 saturated heterocycles. The Hall–Kier alpha value is -3.12. The van der Waals surface area contributed by atoms with Crippen LogP contribution in [-0.4, -0.2) is 44.7 Å². The van der Waals surface area contributed by atoms with Gasteiger partial charge in [0.25, 0.3) is 5.91 Å². The number of aliphatic hydroxyl groups excluding tert-OH is 1. The summed E-state index contributed by atoms with van der Waals surface area (Å²) in [7, 11) is 0. The number of carbonyl (C=O) groups excluding carboxylic acids is 1. The molecule has 6 heteroatoms. The number of aromatic nitrogens is 2. The summed E-state index contributed by atoms with van der Waals surface area (Å²) in [5, 5.41) is 11.9. The Balaban J connectivity index is 1.23. The summed E-state index contributed by atoms with van der Waals surface area (Å²) in [6.45, 7) is 1.38.